The highest BCUT2D eigenvalue weighted by Crippen LogP contribution is 2.10. The second-order valence-electron chi connectivity index (χ2n) is 5.00. The number of aliphatic imine (C=N–C) groups is 1. The molecule has 23 heavy (non-hydrogen) atoms. The van der Waals surface area contributed by atoms with Crippen LogP contribution in [0.15, 0.2) is 29.3 Å². The fraction of sp³-hybridized carbons (Fsp3) is 0.500. The Kier molecular flexibility index (Phi) is 11.2. The first-order chi connectivity index (χ1) is 10.6. The van der Waals surface area contributed by atoms with Crippen LogP contribution in [0, 0.1) is 0 Å². The van der Waals surface area contributed by atoms with Gasteiger partial charge >= 0.3 is 0 Å². The molecule has 7 heteroatoms. The molecule has 0 aliphatic rings. The predicted molar refractivity (Wildman–Crippen MR) is 105 cm³/mol. The van der Waals surface area contributed by atoms with Crippen LogP contribution in [0.1, 0.15) is 25.8 Å². The Bertz CT molecular complexity index is 491. The average Bonchev–Trinajstić information content (AvgIpc) is 2.56. The molecular weight excluding hydrogens is 407 g/mol. The van der Waals surface area contributed by atoms with Gasteiger partial charge in [-0.25, -0.2) is 0 Å². The van der Waals surface area contributed by atoms with Gasteiger partial charge in [-0.2, -0.15) is 0 Å². The smallest absolute Gasteiger partial charge is 0.239 e. The minimum atomic E-state index is -0.0806. The average molecular weight is 434 g/mol. The Morgan fingerprint density at radius 3 is 2.43 bits per heavy atom. The van der Waals surface area contributed by atoms with Crippen molar-refractivity contribution in [1.29, 1.82) is 0 Å². The second kappa shape index (κ2) is 12.0. The number of hydrogen-bond donors (Lipinski definition) is 3. The lowest BCUT2D eigenvalue weighted by Gasteiger charge is -2.16. The summed E-state index contributed by atoms with van der Waals surface area (Å²) in [7, 11) is 3.32. The standard InChI is InChI=1S/C16H26N4O2.HI/c1-5-12(2)20-16(17-3)19-11-15(21)18-10-13-6-8-14(22-4)9-7-13;/h6-9,12H,5,10-11H2,1-4H3,(H,18,21)(H2,17,19,20);1H. The molecule has 130 valence electrons. The van der Waals surface area contributed by atoms with Crippen LogP contribution in [0.3, 0.4) is 0 Å². The summed E-state index contributed by atoms with van der Waals surface area (Å²) < 4.78 is 5.10. The summed E-state index contributed by atoms with van der Waals surface area (Å²) in [5, 5.41) is 9.06. The zero-order valence-electron chi connectivity index (χ0n) is 14.2. The molecule has 0 aliphatic carbocycles. The molecule has 1 unspecified atom stereocenters. The molecule has 1 aromatic rings. The molecule has 1 amide bonds. The summed E-state index contributed by atoms with van der Waals surface area (Å²) in [6.07, 6.45) is 0.990. The molecule has 1 rings (SSSR count). The quantitative estimate of drug-likeness (QED) is 0.348. The number of guanidine groups is 1. The lowest BCUT2D eigenvalue weighted by atomic mass is 10.2. The zero-order chi connectivity index (χ0) is 16.4. The van der Waals surface area contributed by atoms with Crippen molar-refractivity contribution in [2.75, 3.05) is 20.7 Å². The third-order valence-corrected chi connectivity index (χ3v) is 3.28. The van der Waals surface area contributed by atoms with Crippen molar-refractivity contribution in [3.8, 4) is 5.75 Å². The molecule has 1 atom stereocenters. The number of carbonyl (C=O) groups is 1. The van der Waals surface area contributed by atoms with Crippen molar-refractivity contribution < 1.29 is 9.53 Å². The highest BCUT2D eigenvalue weighted by Gasteiger charge is 2.05. The Morgan fingerprint density at radius 2 is 1.91 bits per heavy atom. The summed E-state index contributed by atoms with van der Waals surface area (Å²) in [5.41, 5.74) is 1.02. The van der Waals surface area contributed by atoms with E-state index in [4.69, 9.17) is 4.74 Å². The maximum Gasteiger partial charge on any atom is 0.239 e. The topological polar surface area (TPSA) is 74.8 Å². The van der Waals surface area contributed by atoms with Crippen LogP contribution in [0.5, 0.6) is 5.75 Å². The first-order valence-corrected chi connectivity index (χ1v) is 7.45. The Labute approximate surface area is 155 Å². The van der Waals surface area contributed by atoms with E-state index in [9.17, 15) is 4.79 Å². The van der Waals surface area contributed by atoms with E-state index in [-0.39, 0.29) is 36.4 Å². The molecule has 0 fully saturated rings. The molecule has 1 aromatic carbocycles. The predicted octanol–water partition coefficient (Wildman–Crippen LogP) is 1.89. The van der Waals surface area contributed by atoms with Gasteiger partial charge in [0, 0.05) is 19.6 Å². The van der Waals surface area contributed by atoms with Gasteiger partial charge in [-0.3, -0.25) is 9.79 Å². The highest BCUT2D eigenvalue weighted by atomic mass is 127. The van der Waals surface area contributed by atoms with Crippen molar-refractivity contribution in [1.82, 2.24) is 16.0 Å². The van der Waals surface area contributed by atoms with E-state index in [0.29, 0.717) is 18.5 Å². The minimum absolute atomic E-state index is 0. The number of nitrogens with zero attached hydrogens (tertiary/aromatic N) is 1. The van der Waals surface area contributed by atoms with Crippen molar-refractivity contribution in [2.45, 2.75) is 32.9 Å². The number of hydrogen-bond acceptors (Lipinski definition) is 3. The van der Waals surface area contributed by atoms with Crippen LogP contribution in [0.2, 0.25) is 0 Å². The number of carbonyl (C=O) groups excluding carboxylic acids is 1. The van der Waals surface area contributed by atoms with E-state index in [1.165, 1.54) is 0 Å². The highest BCUT2D eigenvalue weighted by molar-refractivity contribution is 14.0. The summed E-state index contributed by atoms with van der Waals surface area (Å²) >= 11 is 0. The number of amides is 1. The van der Waals surface area contributed by atoms with E-state index < -0.39 is 0 Å². The van der Waals surface area contributed by atoms with Gasteiger partial charge in [-0.1, -0.05) is 19.1 Å². The van der Waals surface area contributed by atoms with Crippen LogP contribution < -0.4 is 20.7 Å². The zero-order valence-corrected chi connectivity index (χ0v) is 16.5. The largest absolute Gasteiger partial charge is 0.497 e. The van der Waals surface area contributed by atoms with E-state index in [0.717, 1.165) is 17.7 Å². The van der Waals surface area contributed by atoms with E-state index in [1.807, 2.05) is 24.3 Å². The third kappa shape index (κ3) is 8.63. The number of benzene rings is 1. The molecule has 6 nitrogen and oxygen atoms in total. The monoisotopic (exact) mass is 434 g/mol. The molecule has 0 radical (unpaired) electrons. The van der Waals surface area contributed by atoms with Crippen molar-refractivity contribution in [3.05, 3.63) is 29.8 Å². The Hall–Kier alpha value is -1.51. The molecule has 0 bridgehead atoms. The third-order valence-electron chi connectivity index (χ3n) is 3.28. The minimum Gasteiger partial charge on any atom is -0.497 e. The van der Waals surface area contributed by atoms with Crippen LogP contribution in [-0.2, 0) is 11.3 Å². The maximum absolute atomic E-state index is 11.8. The summed E-state index contributed by atoms with van der Waals surface area (Å²) in [6.45, 7) is 4.83. The number of ether oxygens (including phenoxy) is 1. The summed E-state index contributed by atoms with van der Waals surface area (Å²) in [6, 6.07) is 7.91. The normalized spacial score (nSPS) is 11.9. The van der Waals surface area contributed by atoms with Crippen molar-refractivity contribution in [2.24, 2.45) is 4.99 Å². The molecule has 3 N–H and O–H groups in total. The van der Waals surface area contributed by atoms with Gasteiger partial charge in [-0.15, -0.1) is 24.0 Å². The number of nitrogens with one attached hydrogen (secondary N) is 3. The molecular formula is C16H27IN4O2. The van der Waals surface area contributed by atoms with Gasteiger partial charge in [0.25, 0.3) is 0 Å². The van der Waals surface area contributed by atoms with E-state index in [1.54, 1.807) is 14.2 Å². The molecule has 0 saturated heterocycles. The first kappa shape index (κ1) is 21.5. The fourth-order valence-electron chi connectivity index (χ4n) is 1.70. The molecule has 0 heterocycles. The molecule has 0 aromatic heterocycles. The van der Waals surface area contributed by atoms with Gasteiger partial charge in [0.1, 0.15) is 5.75 Å². The molecule has 0 saturated carbocycles. The van der Waals surface area contributed by atoms with Crippen LogP contribution >= 0.6 is 24.0 Å². The van der Waals surface area contributed by atoms with Gasteiger partial charge in [0.2, 0.25) is 5.91 Å². The maximum atomic E-state index is 11.8. The number of rotatable bonds is 7. The van der Waals surface area contributed by atoms with E-state index >= 15 is 0 Å². The lowest BCUT2D eigenvalue weighted by Crippen LogP contribution is -2.45. The van der Waals surface area contributed by atoms with Gasteiger partial charge < -0.3 is 20.7 Å². The summed E-state index contributed by atoms with van der Waals surface area (Å²) in [4.78, 5) is 15.9. The SMILES string of the molecule is CCC(C)NC(=NC)NCC(=O)NCc1ccc(OC)cc1.I. The van der Waals surface area contributed by atoms with Crippen LogP contribution in [0.4, 0.5) is 0 Å². The number of halogens is 1. The number of methoxy groups -OCH3 is 1. The first-order valence-electron chi connectivity index (χ1n) is 7.45. The van der Waals surface area contributed by atoms with Crippen molar-refractivity contribution in [3.63, 3.8) is 0 Å². The second-order valence-corrected chi connectivity index (χ2v) is 5.00. The van der Waals surface area contributed by atoms with E-state index in [2.05, 4.69) is 34.8 Å². The van der Waals surface area contributed by atoms with Gasteiger partial charge in [0.15, 0.2) is 5.96 Å². The van der Waals surface area contributed by atoms with Crippen LogP contribution in [0.25, 0.3) is 0 Å². The molecule has 0 aliphatic heterocycles. The lowest BCUT2D eigenvalue weighted by molar-refractivity contribution is -0.120. The van der Waals surface area contributed by atoms with Gasteiger partial charge in [0.05, 0.1) is 13.7 Å². The Balaban J connectivity index is 0.00000484. The Morgan fingerprint density at radius 1 is 1.26 bits per heavy atom. The van der Waals surface area contributed by atoms with Crippen molar-refractivity contribution >= 4 is 35.8 Å². The van der Waals surface area contributed by atoms with Gasteiger partial charge in [-0.05, 0) is 31.0 Å². The van der Waals surface area contributed by atoms with Crippen LogP contribution in [-0.4, -0.2) is 38.6 Å². The molecule has 0 spiro atoms. The summed E-state index contributed by atoms with van der Waals surface area (Å²) in [5.74, 6) is 1.36. The fourth-order valence-corrected chi connectivity index (χ4v) is 1.70.